The van der Waals surface area contributed by atoms with E-state index in [2.05, 4.69) is 15.5 Å². The van der Waals surface area contributed by atoms with Crippen LogP contribution in [0.2, 0.25) is 9.49 Å². The Morgan fingerprint density at radius 3 is 2.76 bits per heavy atom. The van der Waals surface area contributed by atoms with Gasteiger partial charge in [0.1, 0.15) is 5.82 Å². The first kappa shape index (κ1) is 12.2. The van der Waals surface area contributed by atoms with Gasteiger partial charge in [-0.3, -0.25) is 4.79 Å². The number of carbonyl (C=O) groups excluding carboxylic acids is 1. The van der Waals surface area contributed by atoms with Gasteiger partial charge in [-0.25, -0.2) is 4.39 Å². The summed E-state index contributed by atoms with van der Waals surface area (Å²) in [6.07, 6.45) is 0. The van der Waals surface area contributed by atoms with Crippen LogP contribution >= 0.6 is 34.5 Å². The fraction of sp³-hybridized carbons (Fsp3) is 0. The van der Waals surface area contributed by atoms with Gasteiger partial charge in [0.05, 0.1) is 5.69 Å². The maximum atomic E-state index is 13.3. The van der Waals surface area contributed by atoms with E-state index in [9.17, 15) is 9.18 Å². The predicted octanol–water partition coefficient (Wildman–Crippen LogP) is 3.24. The molecule has 17 heavy (non-hydrogen) atoms. The number of carbonyl (C=O) groups is 1. The van der Waals surface area contributed by atoms with Gasteiger partial charge in [-0.1, -0.05) is 22.9 Å². The van der Waals surface area contributed by atoms with Gasteiger partial charge < -0.3 is 5.32 Å². The third kappa shape index (κ3) is 2.91. The molecule has 0 spiro atoms. The quantitative estimate of drug-likeness (QED) is 0.924. The SMILES string of the molecule is O=C(Nc1cc(Cl)ccc1F)c1nnc(Cl)s1. The molecule has 1 N–H and O–H groups in total. The molecule has 4 nitrogen and oxygen atoms in total. The van der Waals surface area contributed by atoms with E-state index in [4.69, 9.17) is 23.2 Å². The molecule has 0 radical (unpaired) electrons. The molecule has 0 saturated carbocycles. The second kappa shape index (κ2) is 4.95. The van der Waals surface area contributed by atoms with Crippen molar-refractivity contribution < 1.29 is 9.18 Å². The average Bonchev–Trinajstić information content (AvgIpc) is 2.70. The molecule has 1 amide bonds. The average molecular weight is 292 g/mol. The number of nitrogens with zero attached hydrogens (tertiary/aromatic N) is 2. The predicted molar refractivity (Wildman–Crippen MR) is 64.3 cm³/mol. The number of halogens is 3. The first-order valence-corrected chi connectivity index (χ1v) is 5.89. The van der Waals surface area contributed by atoms with Crippen LogP contribution in [-0.4, -0.2) is 16.1 Å². The topological polar surface area (TPSA) is 54.9 Å². The van der Waals surface area contributed by atoms with Crippen molar-refractivity contribution in [3.63, 3.8) is 0 Å². The third-order valence-electron chi connectivity index (χ3n) is 1.77. The maximum absolute atomic E-state index is 13.3. The summed E-state index contributed by atoms with van der Waals surface area (Å²) in [6.45, 7) is 0. The Morgan fingerprint density at radius 2 is 2.12 bits per heavy atom. The van der Waals surface area contributed by atoms with E-state index in [1.165, 1.54) is 12.1 Å². The van der Waals surface area contributed by atoms with E-state index in [1.54, 1.807) is 0 Å². The highest BCUT2D eigenvalue weighted by atomic mass is 35.5. The van der Waals surface area contributed by atoms with Gasteiger partial charge in [-0.05, 0) is 29.8 Å². The van der Waals surface area contributed by atoms with Crippen LogP contribution < -0.4 is 5.32 Å². The van der Waals surface area contributed by atoms with E-state index in [1.807, 2.05) is 0 Å². The van der Waals surface area contributed by atoms with Crippen LogP contribution in [-0.2, 0) is 0 Å². The zero-order valence-electron chi connectivity index (χ0n) is 8.08. The van der Waals surface area contributed by atoms with Crippen LogP contribution in [0.5, 0.6) is 0 Å². The summed E-state index contributed by atoms with van der Waals surface area (Å²) in [5, 5.41) is 9.70. The molecule has 1 aromatic heterocycles. The Labute approximate surface area is 109 Å². The van der Waals surface area contributed by atoms with Crippen molar-refractivity contribution in [2.45, 2.75) is 0 Å². The summed E-state index contributed by atoms with van der Waals surface area (Å²) in [5.41, 5.74) is -0.0196. The van der Waals surface area contributed by atoms with E-state index in [0.29, 0.717) is 5.02 Å². The monoisotopic (exact) mass is 291 g/mol. The number of benzene rings is 1. The summed E-state index contributed by atoms with van der Waals surface area (Å²) in [5.74, 6) is -1.17. The first-order valence-electron chi connectivity index (χ1n) is 4.31. The molecule has 0 aliphatic rings. The molecule has 1 heterocycles. The zero-order chi connectivity index (χ0) is 12.4. The Kier molecular flexibility index (Phi) is 3.56. The Hall–Kier alpha value is -1.24. The lowest BCUT2D eigenvalue weighted by Crippen LogP contribution is -2.12. The number of anilines is 1. The lowest BCUT2D eigenvalue weighted by Gasteiger charge is -2.04. The molecular weight excluding hydrogens is 288 g/mol. The lowest BCUT2D eigenvalue weighted by atomic mass is 10.3. The van der Waals surface area contributed by atoms with Gasteiger partial charge in [-0.2, -0.15) is 0 Å². The van der Waals surface area contributed by atoms with Crippen LogP contribution in [0.3, 0.4) is 0 Å². The fourth-order valence-corrected chi connectivity index (χ4v) is 1.96. The molecule has 0 saturated heterocycles. The van der Waals surface area contributed by atoms with Gasteiger partial charge >= 0.3 is 0 Å². The molecule has 0 bridgehead atoms. The second-order valence-corrected chi connectivity index (χ2v) is 4.93. The number of hydrogen-bond acceptors (Lipinski definition) is 4. The van der Waals surface area contributed by atoms with E-state index in [0.717, 1.165) is 17.4 Å². The highest BCUT2D eigenvalue weighted by Gasteiger charge is 2.14. The van der Waals surface area contributed by atoms with Gasteiger partial charge in [-0.15, -0.1) is 10.2 Å². The van der Waals surface area contributed by atoms with Gasteiger partial charge in [0.2, 0.25) is 9.47 Å². The molecular formula is C9H4Cl2FN3OS. The number of rotatable bonds is 2. The van der Waals surface area contributed by atoms with Crippen molar-refractivity contribution >= 4 is 46.1 Å². The summed E-state index contributed by atoms with van der Waals surface area (Å²) < 4.78 is 13.5. The van der Waals surface area contributed by atoms with Gasteiger partial charge in [0, 0.05) is 5.02 Å². The highest BCUT2D eigenvalue weighted by Crippen LogP contribution is 2.21. The summed E-state index contributed by atoms with van der Waals surface area (Å²) >= 11 is 12.1. The minimum absolute atomic E-state index is 0.0196. The Morgan fingerprint density at radius 1 is 1.35 bits per heavy atom. The zero-order valence-corrected chi connectivity index (χ0v) is 10.4. The summed E-state index contributed by atoms with van der Waals surface area (Å²) in [6, 6.07) is 3.84. The number of amides is 1. The van der Waals surface area contributed by atoms with Crippen molar-refractivity contribution in [3.05, 3.63) is 38.5 Å². The Balaban J connectivity index is 2.21. The number of hydrogen-bond donors (Lipinski definition) is 1. The first-order chi connectivity index (χ1) is 8.06. The van der Waals surface area contributed by atoms with Crippen LogP contribution in [0.15, 0.2) is 18.2 Å². The largest absolute Gasteiger partial charge is 0.317 e. The normalized spacial score (nSPS) is 10.3. The number of aromatic nitrogens is 2. The van der Waals surface area contributed by atoms with E-state index >= 15 is 0 Å². The molecule has 1 aromatic carbocycles. The van der Waals surface area contributed by atoms with Crippen LogP contribution in [0.25, 0.3) is 0 Å². The highest BCUT2D eigenvalue weighted by molar-refractivity contribution is 7.17. The molecule has 2 rings (SSSR count). The summed E-state index contributed by atoms with van der Waals surface area (Å²) in [7, 11) is 0. The van der Waals surface area contributed by atoms with Crippen molar-refractivity contribution in [1.29, 1.82) is 0 Å². The van der Waals surface area contributed by atoms with Crippen molar-refractivity contribution in [1.82, 2.24) is 10.2 Å². The Bertz CT molecular complexity index is 575. The molecule has 0 aliphatic heterocycles. The molecule has 88 valence electrons. The van der Waals surface area contributed by atoms with Crippen LogP contribution in [0.1, 0.15) is 9.80 Å². The molecule has 0 atom stereocenters. The second-order valence-electron chi connectivity index (χ2n) is 2.94. The minimum atomic E-state index is -0.587. The van der Waals surface area contributed by atoms with E-state index in [-0.39, 0.29) is 15.2 Å². The summed E-state index contributed by atoms with van der Waals surface area (Å²) in [4.78, 5) is 11.6. The van der Waals surface area contributed by atoms with Crippen molar-refractivity contribution in [2.24, 2.45) is 0 Å². The molecule has 8 heteroatoms. The maximum Gasteiger partial charge on any atom is 0.286 e. The van der Waals surface area contributed by atoms with Crippen LogP contribution in [0, 0.1) is 5.82 Å². The third-order valence-corrected chi connectivity index (χ3v) is 3.02. The van der Waals surface area contributed by atoms with Crippen molar-refractivity contribution in [3.8, 4) is 0 Å². The van der Waals surface area contributed by atoms with E-state index < -0.39 is 11.7 Å². The molecule has 0 unspecified atom stereocenters. The van der Waals surface area contributed by atoms with Gasteiger partial charge in [0.15, 0.2) is 0 Å². The van der Waals surface area contributed by atoms with Gasteiger partial charge in [0.25, 0.3) is 5.91 Å². The molecule has 0 aliphatic carbocycles. The van der Waals surface area contributed by atoms with Crippen LogP contribution in [0.4, 0.5) is 10.1 Å². The minimum Gasteiger partial charge on any atom is -0.317 e. The molecule has 2 aromatic rings. The van der Waals surface area contributed by atoms with Crippen molar-refractivity contribution in [2.75, 3.05) is 5.32 Å². The lowest BCUT2D eigenvalue weighted by molar-refractivity contribution is 0.102. The standard InChI is InChI=1S/C9H4Cl2FN3OS/c10-4-1-2-5(12)6(3-4)13-7(16)8-14-15-9(11)17-8/h1-3H,(H,13,16). The molecule has 0 fully saturated rings. The fourth-order valence-electron chi connectivity index (χ4n) is 1.07. The smallest absolute Gasteiger partial charge is 0.286 e. The number of nitrogens with one attached hydrogen (secondary N) is 1.